The predicted molar refractivity (Wildman–Crippen MR) is 117 cm³/mol. The summed E-state index contributed by atoms with van der Waals surface area (Å²) in [7, 11) is 4.01. The van der Waals surface area contributed by atoms with Gasteiger partial charge in [-0.15, -0.1) is 0 Å². The van der Waals surface area contributed by atoms with E-state index in [0.29, 0.717) is 6.42 Å². The van der Waals surface area contributed by atoms with Crippen molar-refractivity contribution in [3.63, 3.8) is 0 Å². The van der Waals surface area contributed by atoms with E-state index in [1.807, 2.05) is 68.7 Å². The summed E-state index contributed by atoms with van der Waals surface area (Å²) in [6.45, 7) is 2.03. The maximum Gasteiger partial charge on any atom is 0.317 e. The molecule has 2 aromatic carbocycles. The van der Waals surface area contributed by atoms with Crippen LogP contribution in [-0.4, -0.2) is 32.5 Å². The molecule has 2 atom stereocenters. The van der Waals surface area contributed by atoms with Gasteiger partial charge in [0.15, 0.2) is 5.78 Å². The second-order valence-corrected chi connectivity index (χ2v) is 7.39. The molecule has 0 amide bonds. The lowest BCUT2D eigenvalue weighted by molar-refractivity contribution is -0.151. The molecule has 0 heterocycles. The van der Waals surface area contributed by atoms with Crippen LogP contribution >= 0.6 is 0 Å². The molecule has 2 aromatic rings. The molecule has 29 heavy (non-hydrogen) atoms. The number of allylic oxidation sites excluding steroid dienone is 3. The minimum absolute atomic E-state index is 0.189. The van der Waals surface area contributed by atoms with Crippen molar-refractivity contribution in [1.29, 1.82) is 0 Å². The molecule has 0 spiro atoms. The molecule has 0 radical (unpaired) electrons. The van der Waals surface area contributed by atoms with E-state index in [2.05, 4.69) is 17.0 Å². The molecule has 0 aliphatic heterocycles. The zero-order valence-electron chi connectivity index (χ0n) is 17.2. The predicted octanol–water partition coefficient (Wildman–Crippen LogP) is 4.63. The van der Waals surface area contributed by atoms with E-state index < -0.39 is 11.9 Å². The third kappa shape index (κ3) is 5.02. The first-order valence-electron chi connectivity index (χ1n) is 9.91. The largest absolute Gasteiger partial charge is 0.465 e. The van der Waals surface area contributed by atoms with Gasteiger partial charge in [0.05, 0.1) is 6.61 Å². The van der Waals surface area contributed by atoms with Gasteiger partial charge in [0.1, 0.15) is 5.92 Å². The topological polar surface area (TPSA) is 46.6 Å². The first-order valence-corrected chi connectivity index (χ1v) is 9.91. The Bertz CT molecular complexity index is 911. The van der Waals surface area contributed by atoms with E-state index in [-0.39, 0.29) is 18.3 Å². The van der Waals surface area contributed by atoms with Crippen molar-refractivity contribution in [1.82, 2.24) is 0 Å². The number of carbonyl (C=O) groups is 2. The number of esters is 1. The van der Waals surface area contributed by atoms with Crippen LogP contribution in [0.15, 0.2) is 72.3 Å². The monoisotopic (exact) mass is 389 g/mol. The fraction of sp³-hybridized carbons (Fsp3) is 0.280. The van der Waals surface area contributed by atoms with Crippen LogP contribution in [0.1, 0.15) is 30.4 Å². The molecule has 0 saturated heterocycles. The number of carbonyl (C=O) groups excluding carboxylic acids is 2. The lowest BCUT2D eigenvalue weighted by Crippen LogP contribution is -2.34. The Morgan fingerprint density at radius 1 is 1.07 bits per heavy atom. The first kappa shape index (κ1) is 20.6. The molecule has 3 rings (SSSR count). The lowest BCUT2D eigenvalue weighted by atomic mass is 9.75. The summed E-state index contributed by atoms with van der Waals surface area (Å²) >= 11 is 0. The van der Waals surface area contributed by atoms with Crippen molar-refractivity contribution in [3.05, 3.63) is 83.4 Å². The van der Waals surface area contributed by atoms with Gasteiger partial charge in [-0.2, -0.15) is 0 Å². The summed E-state index contributed by atoms with van der Waals surface area (Å²) in [6, 6.07) is 18.0. The quantitative estimate of drug-likeness (QED) is 0.534. The number of nitrogens with zero attached hydrogens (tertiary/aromatic N) is 1. The first-order chi connectivity index (χ1) is 14.0. The molecule has 0 N–H and O–H groups in total. The number of ketones is 1. The molecule has 0 fully saturated rings. The third-order valence-corrected chi connectivity index (χ3v) is 5.16. The fourth-order valence-electron chi connectivity index (χ4n) is 3.63. The fourth-order valence-corrected chi connectivity index (χ4v) is 3.63. The van der Waals surface area contributed by atoms with Crippen molar-refractivity contribution >= 4 is 23.5 Å². The molecular formula is C25H27NO3. The molecule has 4 nitrogen and oxygen atoms in total. The molecular weight excluding hydrogens is 362 g/mol. The molecule has 0 aromatic heterocycles. The van der Waals surface area contributed by atoms with E-state index >= 15 is 0 Å². The summed E-state index contributed by atoms with van der Waals surface area (Å²) in [5.41, 5.74) is 4.10. The van der Waals surface area contributed by atoms with Crippen molar-refractivity contribution in [2.45, 2.75) is 19.3 Å². The Hall–Kier alpha value is -3.14. The van der Waals surface area contributed by atoms with E-state index in [4.69, 9.17) is 4.74 Å². The van der Waals surface area contributed by atoms with Crippen LogP contribution in [0.4, 0.5) is 5.69 Å². The van der Waals surface area contributed by atoms with Crippen LogP contribution in [0, 0.1) is 5.92 Å². The number of hydrogen-bond donors (Lipinski definition) is 0. The number of hydrogen-bond acceptors (Lipinski definition) is 4. The SMILES string of the molecule is CCOC(=O)[C@@H]1C(=O)C=C(/C=C\c2ccc(N(C)C)cc2)C[C@H]1c1ccccc1. The highest BCUT2D eigenvalue weighted by atomic mass is 16.5. The van der Waals surface area contributed by atoms with Gasteiger partial charge < -0.3 is 9.64 Å². The zero-order chi connectivity index (χ0) is 20.8. The van der Waals surface area contributed by atoms with Gasteiger partial charge in [-0.1, -0.05) is 54.6 Å². The van der Waals surface area contributed by atoms with Crippen molar-refractivity contribution < 1.29 is 14.3 Å². The highest BCUT2D eigenvalue weighted by Gasteiger charge is 2.38. The van der Waals surface area contributed by atoms with Gasteiger partial charge in [0, 0.05) is 25.7 Å². The highest BCUT2D eigenvalue weighted by Crippen LogP contribution is 2.37. The minimum Gasteiger partial charge on any atom is -0.465 e. The Labute approximate surface area is 172 Å². The molecule has 1 aliphatic carbocycles. The summed E-state index contributed by atoms with van der Waals surface area (Å²) in [4.78, 5) is 27.3. The van der Waals surface area contributed by atoms with E-state index in [1.165, 1.54) is 0 Å². The van der Waals surface area contributed by atoms with Crippen LogP contribution in [0.3, 0.4) is 0 Å². The van der Waals surface area contributed by atoms with Gasteiger partial charge in [-0.05, 0) is 48.3 Å². The van der Waals surface area contributed by atoms with Gasteiger partial charge in [0.2, 0.25) is 0 Å². The number of rotatable bonds is 6. The number of ether oxygens (including phenoxy) is 1. The minimum atomic E-state index is -0.783. The van der Waals surface area contributed by atoms with Crippen LogP contribution < -0.4 is 4.90 Å². The van der Waals surface area contributed by atoms with Crippen molar-refractivity contribution in [3.8, 4) is 0 Å². The molecule has 150 valence electrons. The number of benzene rings is 2. The second kappa shape index (κ2) is 9.37. The summed E-state index contributed by atoms with van der Waals surface area (Å²) < 4.78 is 5.19. The molecule has 4 heteroatoms. The van der Waals surface area contributed by atoms with E-state index in [0.717, 1.165) is 22.4 Å². The average molecular weight is 389 g/mol. The molecule has 0 bridgehead atoms. The van der Waals surface area contributed by atoms with Gasteiger partial charge in [-0.3, -0.25) is 9.59 Å². The standard InChI is InChI=1S/C25H27NO3/c1-4-29-25(28)24-22(20-8-6-5-7-9-20)16-19(17-23(24)27)11-10-18-12-14-21(15-13-18)26(2)3/h5-15,17,22,24H,4,16H2,1-3H3/b11-10-/t22-,24-/m0/s1. The van der Waals surface area contributed by atoms with E-state index in [1.54, 1.807) is 13.0 Å². The second-order valence-electron chi connectivity index (χ2n) is 7.39. The average Bonchev–Trinajstić information content (AvgIpc) is 2.73. The van der Waals surface area contributed by atoms with Gasteiger partial charge >= 0.3 is 5.97 Å². The Morgan fingerprint density at radius 2 is 1.76 bits per heavy atom. The smallest absolute Gasteiger partial charge is 0.317 e. The van der Waals surface area contributed by atoms with Crippen LogP contribution in [0.25, 0.3) is 6.08 Å². The van der Waals surface area contributed by atoms with Crippen LogP contribution in [0.5, 0.6) is 0 Å². The van der Waals surface area contributed by atoms with Gasteiger partial charge in [0.25, 0.3) is 0 Å². The van der Waals surface area contributed by atoms with Crippen molar-refractivity contribution in [2.24, 2.45) is 5.92 Å². The van der Waals surface area contributed by atoms with E-state index in [9.17, 15) is 9.59 Å². The zero-order valence-corrected chi connectivity index (χ0v) is 17.2. The maximum absolute atomic E-state index is 12.8. The van der Waals surface area contributed by atoms with Crippen LogP contribution in [0.2, 0.25) is 0 Å². The molecule has 0 unspecified atom stereocenters. The Kier molecular flexibility index (Phi) is 6.65. The highest BCUT2D eigenvalue weighted by molar-refractivity contribution is 6.07. The lowest BCUT2D eigenvalue weighted by Gasteiger charge is -2.28. The Balaban J connectivity index is 1.85. The Morgan fingerprint density at radius 3 is 2.38 bits per heavy atom. The summed E-state index contributed by atoms with van der Waals surface area (Å²) in [5.74, 6) is -1.63. The molecule has 1 aliphatic rings. The third-order valence-electron chi connectivity index (χ3n) is 5.16. The summed E-state index contributed by atoms with van der Waals surface area (Å²) in [5, 5.41) is 0. The van der Waals surface area contributed by atoms with Crippen molar-refractivity contribution in [2.75, 3.05) is 25.6 Å². The summed E-state index contributed by atoms with van der Waals surface area (Å²) in [6.07, 6.45) is 6.18. The maximum atomic E-state index is 12.8. The number of anilines is 1. The van der Waals surface area contributed by atoms with Gasteiger partial charge in [-0.25, -0.2) is 0 Å². The van der Waals surface area contributed by atoms with Crippen LogP contribution in [-0.2, 0) is 14.3 Å². The molecule has 0 saturated carbocycles. The normalized spacial score (nSPS) is 19.1.